The number of phosphoric ester groups is 2. The standard InChI is InChI=1S/C64H124O17P2/c1-9-56(7)42-34-26-19-22-28-36-44-61(66)74-50-59(80-63(68)46-38-30-17-15-13-11-12-14-16-24-32-40-54(3)4)52-78-82(70,71)76-48-58(65)49-77-83(72,73)79-53-60(81-64(69)47-39-31-21-18-25-33-41-55(5)6)51-75-62(67)45-37-29-23-20-27-35-43-57(8)10-2/h54-60,65H,9-53H2,1-8H3,(H,70,71)(H,72,73)/t56?,57?,58-,59-,60-/m1/s1. The van der Waals surface area contributed by atoms with Gasteiger partial charge in [0.05, 0.1) is 26.4 Å². The van der Waals surface area contributed by atoms with Gasteiger partial charge in [-0.2, -0.15) is 0 Å². The molecule has 0 aliphatic rings. The first-order valence-corrected chi connectivity index (χ1v) is 36.3. The molecule has 0 fully saturated rings. The number of aliphatic hydroxyl groups excluding tert-OH is 1. The topological polar surface area (TPSA) is 237 Å². The first-order chi connectivity index (χ1) is 39.7. The van der Waals surface area contributed by atoms with Gasteiger partial charge in [0.1, 0.15) is 19.3 Å². The lowest BCUT2D eigenvalue weighted by Gasteiger charge is -2.21. The Balaban J connectivity index is 5.25. The molecule has 0 saturated heterocycles. The Bertz CT molecular complexity index is 1670. The van der Waals surface area contributed by atoms with E-state index < -0.39 is 97.5 Å². The summed E-state index contributed by atoms with van der Waals surface area (Å²) in [6.45, 7) is 13.9. The molecular weight excluding hydrogens is 1100 g/mol. The smallest absolute Gasteiger partial charge is 0.462 e. The van der Waals surface area contributed by atoms with Crippen molar-refractivity contribution < 1.29 is 80.2 Å². The van der Waals surface area contributed by atoms with Crippen LogP contribution in [0, 0.1) is 23.7 Å². The van der Waals surface area contributed by atoms with E-state index >= 15 is 0 Å². The Morgan fingerprint density at radius 1 is 0.337 bits per heavy atom. The van der Waals surface area contributed by atoms with E-state index in [4.69, 9.17) is 37.0 Å². The lowest BCUT2D eigenvalue weighted by atomic mass is 10.00. The third-order valence-electron chi connectivity index (χ3n) is 15.3. The molecule has 0 aromatic rings. The van der Waals surface area contributed by atoms with Gasteiger partial charge in [0.25, 0.3) is 0 Å². The maximum Gasteiger partial charge on any atom is 0.472 e. The zero-order chi connectivity index (χ0) is 61.8. The Morgan fingerprint density at radius 2 is 0.578 bits per heavy atom. The van der Waals surface area contributed by atoms with Gasteiger partial charge in [-0.15, -0.1) is 0 Å². The fraction of sp³-hybridized carbons (Fsp3) is 0.938. The minimum atomic E-state index is -4.95. The second-order valence-electron chi connectivity index (χ2n) is 24.6. The Kier molecular flexibility index (Phi) is 53.0. The van der Waals surface area contributed by atoms with E-state index in [1.54, 1.807) is 0 Å². The minimum absolute atomic E-state index is 0.100. The summed E-state index contributed by atoms with van der Waals surface area (Å²) in [6.07, 6.45) is 33.7. The average molecular weight is 1230 g/mol. The molecule has 0 aliphatic carbocycles. The number of hydrogen-bond donors (Lipinski definition) is 3. The number of unbranched alkanes of at least 4 members (excludes halogenated alkanes) is 25. The SMILES string of the molecule is CCC(C)CCCCCCCCC(=O)OC[C@H](COP(=O)(O)OC[C@@H](O)COP(=O)(O)OC[C@@H](COC(=O)CCCCCCCCC(C)CC)OC(=O)CCCCCCCCC(C)C)OC(=O)CCCCCCCCCCCCCC(C)C. The van der Waals surface area contributed by atoms with Crippen molar-refractivity contribution >= 4 is 39.5 Å². The molecule has 19 heteroatoms. The van der Waals surface area contributed by atoms with E-state index in [9.17, 15) is 43.2 Å². The van der Waals surface area contributed by atoms with Crippen molar-refractivity contribution in [2.24, 2.45) is 23.7 Å². The summed E-state index contributed by atoms with van der Waals surface area (Å²) < 4.78 is 68.0. The Labute approximate surface area is 505 Å². The highest BCUT2D eigenvalue weighted by Crippen LogP contribution is 2.45. The number of carbonyl (C=O) groups excluding carboxylic acids is 4. The van der Waals surface area contributed by atoms with Gasteiger partial charge < -0.3 is 33.8 Å². The van der Waals surface area contributed by atoms with Gasteiger partial charge in [-0.05, 0) is 49.4 Å². The summed E-state index contributed by atoms with van der Waals surface area (Å²) in [6, 6.07) is 0. The number of hydrogen-bond acceptors (Lipinski definition) is 15. The van der Waals surface area contributed by atoms with Crippen LogP contribution in [0.15, 0.2) is 0 Å². The first kappa shape index (κ1) is 81.1. The summed E-state index contributed by atoms with van der Waals surface area (Å²) >= 11 is 0. The monoisotopic (exact) mass is 1230 g/mol. The molecule has 83 heavy (non-hydrogen) atoms. The van der Waals surface area contributed by atoms with Crippen molar-refractivity contribution in [3.8, 4) is 0 Å². The molecule has 7 atom stereocenters. The van der Waals surface area contributed by atoms with Gasteiger partial charge >= 0.3 is 39.5 Å². The predicted octanol–water partition coefficient (Wildman–Crippen LogP) is 17.4. The highest BCUT2D eigenvalue weighted by molar-refractivity contribution is 7.47. The van der Waals surface area contributed by atoms with Crippen LogP contribution in [-0.4, -0.2) is 96.7 Å². The lowest BCUT2D eigenvalue weighted by molar-refractivity contribution is -0.161. The largest absolute Gasteiger partial charge is 0.472 e. The zero-order valence-corrected chi connectivity index (χ0v) is 55.6. The first-order valence-electron chi connectivity index (χ1n) is 33.3. The summed E-state index contributed by atoms with van der Waals surface area (Å²) in [7, 11) is -9.89. The second kappa shape index (κ2) is 54.2. The molecule has 0 rings (SSSR count). The van der Waals surface area contributed by atoms with Crippen molar-refractivity contribution in [1.82, 2.24) is 0 Å². The van der Waals surface area contributed by atoms with Crippen LogP contribution in [0.25, 0.3) is 0 Å². The van der Waals surface area contributed by atoms with Crippen molar-refractivity contribution in [2.75, 3.05) is 39.6 Å². The second-order valence-corrected chi connectivity index (χ2v) is 27.5. The van der Waals surface area contributed by atoms with E-state index in [-0.39, 0.29) is 25.7 Å². The molecule has 0 aliphatic heterocycles. The van der Waals surface area contributed by atoms with Gasteiger partial charge in [0.15, 0.2) is 12.2 Å². The van der Waals surface area contributed by atoms with Gasteiger partial charge in [0.2, 0.25) is 0 Å². The van der Waals surface area contributed by atoms with Gasteiger partial charge in [-0.1, -0.05) is 254 Å². The number of ether oxygens (including phenoxy) is 4. The average Bonchev–Trinajstić information content (AvgIpc) is 3.45. The van der Waals surface area contributed by atoms with E-state index in [0.29, 0.717) is 31.6 Å². The van der Waals surface area contributed by atoms with E-state index in [1.165, 1.54) is 96.3 Å². The van der Waals surface area contributed by atoms with Gasteiger partial charge in [0, 0.05) is 25.7 Å². The molecular formula is C64H124O17P2. The molecule has 0 radical (unpaired) electrons. The third-order valence-corrected chi connectivity index (χ3v) is 17.2. The molecule has 0 spiro atoms. The molecule has 492 valence electrons. The Hall–Kier alpha value is -1.94. The molecule has 0 heterocycles. The molecule has 0 bridgehead atoms. The predicted molar refractivity (Wildman–Crippen MR) is 331 cm³/mol. The summed E-state index contributed by atoms with van der Waals surface area (Å²) in [5, 5.41) is 10.5. The fourth-order valence-corrected chi connectivity index (χ4v) is 10.9. The normalized spacial score (nSPS) is 15.1. The van der Waals surface area contributed by atoms with E-state index in [1.807, 2.05) is 0 Å². The molecule has 4 unspecified atom stereocenters. The highest BCUT2D eigenvalue weighted by Gasteiger charge is 2.30. The highest BCUT2D eigenvalue weighted by atomic mass is 31.2. The van der Waals surface area contributed by atoms with Crippen molar-refractivity contribution in [3.05, 3.63) is 0 Å². The molecule has 17 nitrogen and oxygen atoms in total. The Morgan fingerprint density at radius 3 is 0.855 bits per heavy atom. The number of rotatable bonds is 61. The molecule has 3 N–H and O–H groups in total. The molecule has 0 aromatic heterocycles. The van der Waals surface area contributed by atoms with E-state index in [2.05, 4.69) is 55.4 Å². The molecule has 0 saturated carbocycles. The van der Waals surface area contributed by atoms with Crippen LogP contribution >= 0.6 is 15.6 Å². The minimum Gasteiger partial charge on any atom is -0.462 e. The number of carbonyl (C=O) groups is 4. The maximum atomic E-state index is 13.0. The van der Waals surface area contributed by atoms with Crippen LogP contribution in [-0.2, 0) is 65.4 Å². The molecule has 0 aromatic carbocycles. The van der Waals surface area contributed by atoms with Crippen molar-refractivity contribution in [2.45, 2.75) is 324 Å². The summed E-state index contributed by atoms with van der Waals surface area (Å²) in [5.74, 6) is 0.752. The molecule has 0 amide bonds. The van der Waals surface area contributed by atoms with E-state index in [0.717, 1.165) is 120 Å². The van der Waals surface area contributed by atoms with Crippen LogP contribution in [0.2, 0.25) is 0 Å². The van der Waals surface area contributed by atoms with Crippen LogP contribution in [0.4, 0.5) is 0 Å². The van der Waals surface area contributed by atoms with Crippen LogP contribution in [0.5, 0.6) is 0 Å². The number of esters is 4. The maximum absolute atomic E-state index is 13.0. The number of phosphoric acid groups is 2. The van der Waals surface area contributed by atoms with Gasteiger partial charge in [-0.25, -0.2) is 9.13 Å². The van der Waals surface area contributed by atoms with Crippen LogP contribution in [0.1, 0.15) is 306 Å². The third kappa shape index (κ3) is 56.3. The summed E-state index contributed by atoms with van der Waals surface area (Å²) in [4.78, 5) is 72.2. The number of aliphatic hydroxyl groups is 1. The van der Waals surface area contributed by atoms with Crippen LogP contribution in [0.3, 0.4) is 0 Å². The van der Waals surface area contributed by atoms with Crippen molar-refractivity contribution in [1.29, 1.82) is 0 Å². The lowest BCUT2D eigenvalue weighted by Crippen LogP contribution is -2.30. The van der Waals surface area contributed by atoms with Gasteiger partial charge in [-0.3, -0.25) is 37.3 Å². The van der Waals surface area contributed by atoms with Crippen LogP contribution < -0.4 is 0 Å². The quantitative estimate of drug-likeness (QED) is 0.0222. The fourth-order valence-electron chi connectivity index (χ4n) is 9.36. The zero-order valence-electron chi connectivity index (χ0n) is 53.8. The van der Waals surface area contributed by atoms with Crippen molar-refractivity contribution in [3.63, 3.8) is 0 Å². The summed E-state index contributed by atoms with van der Waals surface area (Å²) in [5.41, 5.74) is 0.